The highest BCUT2D eigenvalue weighted by atomic mass is 16.1. The molecule has 0 aliphatic rings. The molecule has 0 saturated heterocycles. The van der Waals surface area contributed by atoms with Gasteiger partial charge in [-0.3, -0.25) is 9.78 Å². The molecule has 29 heavy (non-hydrogen) atoms. The highest BCUT2D eigenvalue weighted by Crippen LogP contribution is 2.18. The number of aromatic amines is 2. The van der Waals surface area contributed by atoms with E-state index in [9.17, 15) is 4.79 Å². The molecule has 4 heterocycles. The molecule has 140 valence electrons. The molecule has 4 aromatic heterocycles. The van der Waals surface area contributed by atoms with Gasteiger partial charge in [0.1, 0.15) is 0 Å². The zero-order chi connectivity index (χ0) is 19.6. The van der Waals surface area contributed by atoms with Crippen molar-refractivity contribution in [3.8, 4) is 0 Å². The van der Waals surface area contributed by atoms with Crippen LogP contribution in [0, 0.1) is 0 Å². The highest BCUT2D eigenvalue weighted by Gasteiger charge is 2.24. The van der Waals surface area contributed by atoms with Crippen LogP contribution in [0.2, 0.25) is 0 Å². The van der Waals surface area contributed by atoms with E-state index >= 15 is 0 Å². The van der Waals surface area contributed by atoms with Crippen molar-refractivity contribution in [1.29, 1.82) is 0 Å². The fourth-order valence-corrected chi connectivity index (χ4v) is 3.52. The fourth-order valence-electron chi connectivity index (χ4n) is 3.52. The molecule has 6 heteroatoms. The van der Waals surface area contributed by atoms with E-state index in [1.807, 2.05) is 83.7 Å². The Balaban J connectivity index is 1.49. The first-order valence-corrected chi connectivity index (χ1v) is 9.40. The van der Waals surface area contributed by atoms with E-state index in [0.29, 0.717) is 17.8 Å². The Hall–Kier alpha value is -4.06. The third-order valence-corrected chi connectivity index (χ3v) is 4.91. The Labute approximate surface area is 166 Å². The van der Waals surface area contributed by atoms with Gasteiger partial charge in [0.05, 0.1) is 30.0 Å². The maximum Gasteiger partial charge on any atom is 0.300 e. The minimum absolute atomic E-state index is 0.196. The number of pyridine rings is 3. The number of hydrogen-bond donors (Lipinski definition) is 2. The molecule has 0 spiro atoms. The van der Waals surface area contributed by atoms with Crippen LogP contribution in [-0.4, -0.2) is 15.9 Å². The fraction of sp³-hybridized carbons (Fsp3) is 0.0435. The Kier molecular flexibility index (Phi) is 4.22. The number of benzene rings is 1. The van der Waals surface area contributed by atoms with Crippen molar-refractivity contribution in [3.05, 3.63) is 103 Å². The third-order valence-electron chi connectivity index (χ3n) is 4.91. The highest BCUT2D eigenvalue weighted by molar-refractivity contribution is 6.07. The number of rotatable bonds is 4. The number of carbonyl (C=O) groups excluding carboxylic acids is 1. The van der Waals surface area contributed by atoms with Crippen LogP contribution in [0.3, 0.4) is 0 Å². The molecule has 3 N–H and O–H groups in total. The second kappa shape index (κ2) is 7.16. The smallest absolute Gasteiger partial charge is 0.300 e. The molecule has 1 aromatic carbocycles. The molecule has 0 unspecified atom stereocenters. The summed E-state index contributed by atoms with van der Waals surface area (Å²) in [5.74, 6) is 0.743. The molecule has 0 bridgehead atoms. The van der Waals surface area contributed by atoms with E-state index in [1.54, 1.807) is 6.20 Å². The molecular weight excluding hydrogens is 362 g/mol. The van der Waals surface area contributed by atoms with Crippen molar-refractivity contribution < 1.29 is 14.2 Å². The number of H-pyrrole nitrogens is 2. The predicted octanol–water partition coefficient (Wildman–Crippen LogP) is 2.96. The lowest BCUT2D eigenvalue weighted by Crippen LogP contribution is -2.24. The first kappa shape index (κ1) is 17.1. The first-order valence-electron chi connectivity index (χ1n) is 9.40. The van der Waals surface area contributed by atoms with Crippen molar-refractivity contribution in [1.82, 2.24) is 9.97 Å². The van der Waals surface area contributed by atoms with E-state index in [2.05, 4.69) is 20.3 Å². The zero-order valence-corrected chi connectivity index (χ0v) is 15.6. The summed E-state index contributed by atoms with van der Waals surface area (Å²) in [6, 6.07) is 19.6. The topological polar surface area (TPSA) is 76.0 Å². The maximum atomic E-state index is 13.0. The van der Waals surface area contributed by atoms with E-state index in [4.69, 9.17) is 0 Å². The normalized spacial score (nSPS) is 11.0. The van der Waals surface area contributed by atoms with E-state index in [-0.39, 0.29) is 5.91 Å². The third kappa shape index (κ3) is 3.32. The van der Waals surface area contributed by atoms with Gasteiger partial charge in [-0.05, 0) is 29.8 Å². The Morgan fingerprint density at radius 3 is 2.79 bits per heavy atom. The van der Waals surface area contributed by atoms with Crippen LogP contribution >= 0.6 is 0 Å². The second-order valence-corrected chi connectivity index (χ2v) is 6.86. The Bertz CT molecular complexity index is 1330. The number of carbonyl (C=O) groups is 1. The molecule has 0 radical (unpaired) electrons. The summed E-state index contributed by atoms with van der Waals surface area (Å²) in [4.78, 5) is 23.8. The van der Waals surface area contributed by atoms with Crippen LogP contribution in [0.25, 0.3) is 16.4 Å². The van der Waals surface area contributed by atoms with Gasteiger partial charge < -0.3 is 5.32 Å². The predicted molar refractivity (Wildman–Crippen MR) is 109 cm³/mol. The molecule has 5 rings (SSSR count). The molecule has 6 nitrogen and oxygen atoms in total. The maximum absolute atomic E-state index is 13.0. The number of imidazole rings is 1. The van der Waals surface area contributed by atoms with Crippen molar-refractivity contribution in [2.45, 2.75) is 6.42 Å². The minimum atomic E-state index is -0.196. The minimum Gasteiger partial charge on any atom is -0.317 e. The number of amides is 1. The SMILES string of the molecule is O=C(Nc1cnc2ccccc2c1)c1[nH]c(Cc2cc[nH+]cc2)[n+]2ccccc12. The van der Waals surface area contributed by atoms with Gasteiger partial charge in [0.25, 0.3) is 11.7 Å². The van der Waals surface area contributed by atoms with Gasteiger partial charge in [-0.15, -0.1) is 0 Å². The van der Waals surface area contributed by atoms with Gasteiger partial charge in [-0.25, -0.2) is 9.97 Å². The lowest BCUT2D eigenvalue weighted by Gasteiger charge is -2.03. The summed E-state index contributed by atoms with van der Waals surface area (Å²) in [6.07, 6.45) is 8.12. The molecule has 1 amide bonds. The number of aromatic nitrogens is 4. The number of fused-ring (bicyclic) bond motifs is 2. The zero-order valence-electron chi connectivity index (χ0n) is 15.6. The number of hydrogen-bond acceptors (Lipinski definition) is 2. The van der Waals surface area contributed by atoms with Crippen molar-refractivity contribution in [2.24, 2.45) is 0 Å². The van der Waals surface area contributed by atoms with E-state index in [1.165, 1.54) is 0 Å². The quantitative estimate of drug-likeness (QED) is 0.470. The summed E-state index contributed by atoms with van der Waals surface area (Å²) >= 11 is 0. The first-order chi connectivity index (χ1) is 14.3. The lowest BCUT2D eigenvalue weighted by atomic mass is 10.2. The average molecular weight is 381 g/mol. The average Bonchev–Trinajstić information content (AvgIpc) is 3.13. The van der Waals surface area contributed by atoms with Crippen LogP contribution in [0.5, 0.6) is 0 Å². The Morgan fingerprint density at radius 2 is 1.90 bits per heavy atom. The van der Waals surface area contributed by atoms with Crippen LogP contribution in [0.4, 0.5) is 5.69 Å². The van der Waals surface area contributed by atoms with Gasteiger partial charge in [0, 0.05) is 17.5 Å². The number of anilines is 1. The van der Waals surface area contributed by atoms with Gasteiger partial charge in [-0.1, -0.05) is 24.3 Å². The number of nitrogens with one attached hydrogen (secondary N) is 3. The standard InChI is InChI=1S/C23H17N5O/c29-23(26-18-14-17-5-1-2-6-19(17)25-15-18)22-20-7-3-4-12-28(20)21(27-22)13-16-8-10-24-11-9-16/h1-12,14-15H,13H2,(H,26,29)/p+2. The summed E-state index contributed by atoms with van der Waals surface area (Å²) < 4.78 is 2.02. The van der Waals surface area contributed by atoms with Crippen LogP contribution in [-0.2, 0) is 6.42 Å². The number of para-hydroxylation sites is 1. The van der Waals surface area contributed by atoms with Gasteiger partial charge in [0.2, 0.25) is 5.69 Å². The molecule has 0 aliphatic heterocycles. The second-order valence-electron chi connectivity index (χ2n) is 6.86. The summed E-state index contributed by atoms with van der Waals surface area (Å²) in [6.45, 7) is 0. The van der Waals surface area contributed by atoms with E-state index < -0.39 is 0 Å². The van der Waals surface area contributed by atoms with E-state index in [0.717, 1.165) is 27.8 Å². The molecule has 0 atom stereocenters. The van der Waals surface area contributed by atoms with Crippen LogP contribution in [0.15, 0.2) is 85.5 Å². The lowest BCUT2D eigenvalue weighted by molar-refractivity contribution is -0.520. The van der Waals surface area contributed by atoms with Crippen molar-refractivity contribution >= 4 is 28.0 Å². The molecule has 0 fully saturated rings. The van der Waals surface area contributed by atoms with Gasteiger partial charge in [0.15, 0.2) is 17.9 Å². The molecule has 0 aliphatic carbocycles. The van der Waals surface area contributed by atoms with Gasteiger partial charge in [-0.2, -0.15) is 4.40 Å². The molecule has 0 saturated carbocycles. The summed E-state index contributed by atoms with van der Waals surface area (Å²) in [5, 5.41) is 3.95. The summed E-state index contributed by atoms with van der Waals surface area (Å²) in [7, 11) is 0. The number of nitrogens with zero attached hydrogens (tertiary/aromatic N) is 2. The van der Waals surface area contributed by atoms with Crippen LogP contribution in [0.1, 0.15) is 21.9 Å². The Morgan fingerprint density at radius 1 is 1.07 bits per heavy atom. The van der Waals surface area contributed by atoms with Crippen molar-refractivity contribution in [2.75, 3.05) is 5.32 Å². The van der Waals surface area contributed by atoms with Gasteiger partial charge >= 0.3 is 0 Å². The van der Waals surface area contributed by atoms with Crippen LogP contribution < -0.4 is 14.7 Å². The van der Waals surface area contributed by atoms with Crippen molar-refractivity contribution in [3.63, 3.8) is 0 Å². The molecule has 5 aromatic rings. The monoisotopic (exact) mass is 381 g/mol. The largest absolute Gasteiger partial charge is 0.317 e. The molecular formula is C23H19N5O+2. The summed E-state index contributed by atoms with van der Waals surface area (Å²) in [5.41, 5.74) is 4.06.